The number of nitriles is 1. The van der Waals surface area contributed by atoms with Crippen LogP contribution in [0.1, 0.15) is 40.2 Å². The molecular weight excluding hydrogens is 432 g/mol. The van der Waals surface area contributed by atoms with Crippen LogP contribution in [0.4, 0.5) is 5.00 Å². The first kappa shape index (κ1) is 24.6. The Morgan fingerprint density at radius 1 is 1.12 bits per heavy atom. The van der Waals surface area contributed by atoms with Crippen molar-refractivity contribution in [3.8, 4) is 11.8 Å². The van der Waals surface area contributed by atoms with Gasteiger partial charge in [-0.25, -0.2) is 9.59 Å². The molecule has 9 heteroatoms. The van der Waals surface area contributed by atoms with Gasteiger partial charge in [0.25, 0.3) is 5.91 Å². The van der Waals surface area contributed by atoms with Crippen LogP contribution >= 0.6 is 11.3 Å². The Morgan fingerprint density at radius 2 is 1.81 bits per heavy atom. The zero-order valence-corrected chi connectivity index (χ0v) is 19.1. The van der Waals surface area contributed by atoms with Crippen LogP contribution in [0.2, 0.25) is 0 Å². The number of esters is 2. The summed E-state index contributed by atoms with van der Waals surface area (Å²) in [5, 5.41) is 12.5. The fraction of sp³-hybridized carbons (Fsp3) is 0.304. The van der Waals surface area contributed by atoms with Crippen LogP contribution in [0.15, 0.2) is 29.8 Å². The number of hydrogen-bond donors (Lipinski definition) is 1. The quantitative estimate of drug-likeness (QED) is 0.344. The van der Waals surface area contributed by atoms with E-state index in [2.05, 4.69) is 5.32 Å². The van der Waals surface area contributed by atoms with E-state index < -0.39 is 17.8 Å². The van der Waals surface area contributed by atoms with Gasteiger partial charge in [-0.2, -0.15) is 5.26 Å². The maximum atomic E-state index is 12.8. The van der Waals surface area contributed by atoms with E-state index in [0.717, 1.165) is 4.88 Å². The van der Waals surface area contributed by atoms with Gasteiger partial charge in [-0.15, -0.1) is 11.3 Å². The Hall–Kier alpha value is -3.64. The highest BCUT2D eigenvalue weighted by Gasteiger charge is 2.23. The molecule has 168 valence electrons. The summed E-state index contributed by atoms with van der Waals surface area (Å²) in [4.78, 5) is 37.5. The molecule has 0 aliphatic rings. The Bertz CT molecular complexity index is 1080. The predicted molar refractivity (Wildman–Crippen MR) is 121 cm³/mol. The molecule has 0 unspecified atom stereocenters. The number of carbonyl (C=O) groups excluding carboxylic acids is 3. The van der Waals surface area contributed by atoms with Crippen molar-refractivity contribution in [2.24, 2.45) is 0 Å². The number of amides is 1. The molecule has 8 nitrogen and oxygen atoms in total. The molecule has 1 N–H and O–H groups in total. The van der Waals surface area contributed by atoms with Crippen molar-refractivity contribution in [1.29, 1.82) is 5.26 Å². The number of carbonyl (C=O) groups is 3. The lowest BCUT2D eigenvalue weighted by atomic mass is 10.1. The number of nitrogens with zero attached hydrogens (tertiary/aromatic N) is 1. The topological polar surface area (TPSA) is 115 Å². The molecule has 0 saturated carbocycles. The third kappa shape index (κ3) is 6.18. The molecule has 0 aliphatic carbocycles. The average Bonchev–Trinajstić information content (AvgIpc) is 3.04. The van der Waals surface area contributed by atoms with Crippen molar-refractivity contribution in [3.05, 3.63) is 51.4 Å². The van der Waals surface area contributed by atoms with Crippen molar-refractivity contribution < 1.29 is 28.6 Å². The number of ether oxygens (including phenoxy) is 3. The van der Waals surface area contributed by atoms with Gasteiger partial charge in [-0.05, 0) is 45.4 Å². The summed E-state index contributed by atoms with van der Waals surface area (Å²) in [6.45, 7) is 7.12. The monoisotopic (exact) mass is 456 g/mol. The van der Waals surface area contributed by atoms with Gasteiger partial charge in [0.15, 0.2) is 6.61 Å². The average molecular weight is 457 g/mol. The minimum Gasteiger partial charge on any atom is -0.481 e. The lowest BCUT2D eigenvalue weighted by molar-refractivity contribution is -0.145. The zero-order valence-electron chi connectivity index (χ0n) is 18.3. The number of aryl methyl sites for hydroxylation is 1. The number of anilines is 1. The second-order valence-corrected chi connectivity index (χ2v) is 7.69. The SMILES string of the molecule is CCOC(=O)COc1ccccc1/C=C(\C#N)C(=O)Nc1sc(C)c(C)c1C(=O)OCC. The molecule has 1 aromatic carbocycles. The summed E-state index contributed by atoms with van der Waals surface area (Å²) in [5.74, 6) is -1.43. The first-order valence-electron chi connectivity index (χ1n) is 9.90. The Labute approximate surface area is 190 Å². The number of rotatable bonds is 9. The Kier molecular flexibility index (Phi) is 8.98. The van der Waals surface area contributed by atoms with Gasteiger partial charge < -0.3 is 19.5 Å². The standard InChI is InChI=1S/C23H24N2O6S/c1-5-29-19(26)13-31-18-10-8-7-9-16(18)11-17(12-24)21(27)25-22-20(23(28)30-6-2)14(3)15(4)32-22/h7-11H,5-6,13H2,1-4H3,(H,25,27)/b17-11+. The molecule has 1 aromatic heterocycles. The van der Waals surface area contributed by atoms with Crippen molar-refractivity contribution in [2.75, 3.05) is 25.1 Å². The van der Waals surface area contributed by atoms with Gasteiger partial charge in [0.05, 0.1) is 18.8 Å². The normalized spacial score (nSPS) is 10.8. The van der Waals surface area contributed by atoms with Crippen molar-refractivity contribution in [1.82, 2.24) is 0 Å². The Morgan fingerprint density at radius 3 is 2.47 bits per heavy atom. The van der Waals surface area contributed by atoms with Gasteiger partial charge >= 0.3 is 11.9 Å². The largest absolute Gasteiger partial charge is 0.481 e. The number of thiophene rings is 1. The molecule has 0 atom stereocenters. The van der Waals surface area contributed by atoms with Gasteiger partial charge in [0.1, 0.15) is 22.4 Å². The molecule has 0 saturated heterocycles. The van der Waals surface area contributed by atoms with Crippen LogP contribution in [-0.4, -0.2) is 37.7 Å². The predicted octanol–water partition coefficient (Wildman–Crippen LogP) is 4.03. The summed E-state index contributed by atoms with van der Waals surface area (Å²) in [6, 6.07) is 8.54. The maximum Gasteiger partial charge on any atom is 0.344 e. The molecule has 0 spiro atoms. The molecule has 1 amide bonds. The molecule has 0 fully saturated rings. The second-order valence-electron chi connectivity index (χ2n) is 6.46. The maximum absolute atomic E-state index is 12.8. The van der Waals surface area contributed by atoms with Crippen LogP contribution < -0.4 is 10.1 Å². The van der Waals surface area contributed by atoms with Crippen LogP contribution in [0.5, 0.6) is 5.75 Å². The summed E-state index contributed by atoms with van der Waals surface area (Å²) in [7, 11) is 0. The number of para-hydroxylation sites is 1. The van der Waals surface area contributed by atoms with Crippen molar-refractivity contribution in [3.63, 3.8) is 0 Å². The molecule has 2 rings (SSSR count). The van der Waals surface area contributed by atoms with E-state index in [-0.39, 0.29) is 31.0 Å². The molecule has 1 heterocycles. The number of benzene rings is 1. The Balaban J connectivity index is 2.29. The molecule has 0 bridgehead atoms. The van der Waals surface area contributed by atoms with Crippen molar-refractivity contribution >= 4 is 40.3 Å². The number of hydrogen-bond acceptors (Lipinski definition) is 8. The van der Waals surface area contributed by atoms with E-state index in [9.17, 15) is 19.6 Å². The highest BCUT2D eigenvalue weighted by molar-refractivity contribution is 7.16. The fourth-order valence-electron chi connectivity index (χ4n) is 2.71. The van der Waals surface area contributed by atoms with Crippen LogP contribution in [0.3, 0.4) is 0 Å². The number of nitrogens with one attached hydrogen (secondary N) is 1. The van der Waals surface area contributed by atoms with Crippen LogP contribution in [0, 0.1) is 25.2 Å². The van der Waals surface area contributed by atoms with Crippen LogP contribution in [0.25, 0.3) is 6.08 Å². The lowest BCUT2D eigenvalue weighted by Crippen LogP contribution is -2.16. The van der Waals surface area contributed by atoms with Crippen LogP contribution in [-0.2, 0) is 19.1 Å². The minimum absolute atomic E-state index is 0.198. The van der Waals surface area contributed by atoms with E-state index in [1.807, 2.05) is 13.0 Å². The molecule has 0 radical (unpaired) electrons. The third-order valence-corrected chi connectivity index (χ3v) is 5.45. The minimum atomic E-state index is -0.681. The third-order valence-electron chi connectivity index (χ3n) is 4.33. The van der Waals surface area contributed by atoms with E-state index >= 15 is 0 Å². The van der Waals surface area contributed by atoms with Gasteiger partial charge in [-0.3, -0.25) is 4.79 Å². The summed E-state index contributed by atoms with van der Waals surface area (Å²) in [6.07, 6.45) is 1.35. The van der Waals surface area contributed by atoms with Crippen molar-refractivity contribution in [2.45, 2.75) is 27.7 Å². The van der Waals surface area contributed by atoms with Gasteiger partial charge in [-0.1, -0.05) is 18.2 Å². The van der Waals surface area contributed by atoms with E-state index in [4.69, 9.17) is 14.2 Å². The second kappa shape index (κ2) is 11.7. The molecule has 0 aliphatic heterocycles. The first-order chi connectivity index (χ1) is 15.3. The molecule has 2 aromatic rings. The van der Waals surface area contributed by atoms with E-state index in [1.165, 1.54) is 17.4 Å². The highest BCUT2D eigenvalue weighted by atomic mass is 32.1. The molecular formula is C23H24N2O6S. The molecule has 32 heavy (non-hydrogen) atoms. The summed E-state index contributed by atoms with van der Waals surface area (Å²) < 4.78 is 15.4. The van der Waals surface area contributed by atoms with Gasteiger partial charge in [0.2, 0.25) is 0 Å². The van der Waals surface area contributed by atoms with E-state index in [1.54, 1.807) is 45.0 Å². The van der Waals surface area contributed by atoms with Gasteiger partial charge in [0, 0.05) is 10.4 Å². The first-order valence-corrected chi connectivity index (χ1v) is 10.7. The smallest absolute Gasteiger partial charge is 0.344 e. The summed E-state index contributed by atoms with van der Waals surface area (Å²) in [5.41, 5.74) is 1.23. The fourth-order valence-corrected chi connectivity index (χ4v) is 3.75. The highest BCUT2D eigenvalue weighted by Crippen LogP contribution is 2.33. The summed E-state index contributed by atoms with van der Waals surface area (Å²) >= 11 is 1.23. The zero-order chi connectivity index (χ0) is 23.7. The lowest BCUT2D eigenvalue weighted by Gasteiger charge is -2.09. The van der Waals surface area contributed by atoms with E-state index in [0.29, 0.717) is 21.9 Å².